The van der Waals surface area contributed by atoms with Gasteiger partial charge < -0.3 is 9.73 Å². The zero-order valence-corrected chi connectivity index (χ0v) is 15.2. The third-order valence-electron chi connectivity index (χ3n) is 4.51. The van der Waals surface area contributed by atoms with Crippen molar-refractivity contribution >= 4 is 17.2 Å². The molecule has 0 aliphatic carbocycles. The molecule has 130 valence electrons. The first-order valence-electron chi connectivity index (χ1n) is 8.67. The van der Waals surface area contributed by atoms with Crippen LogP contribution in [-0.2, 0) is 11.3 Å². The zero-order chi connectivity index (χ0) is 16.9. The molecule has 1 N–H and O–H groups in total. The van der Waals surface area contributed by atoms with Crippen LogP contribution in [-0.4, -0.2) is 35.4 Å². The number of amides is 1. The van der Waals surface area contributed by atoms with E-state index in [0.717, 1.165) is 61.8 Å². The van der Waals surface area contributed by atoms with Gasteiger partial charge in [0.25, 0.3) is 0 Å². The van der Waals surface area contributed by atoms with Crippen molar-refractivity contribution in [2.75, 3.05) is 19.6 Å². The van der Waals surface area contributed by atoms with Gasteiger partial charge in [-0.05, 0) is 50.7 Å². The lowest BCUT2D eigenvalue weighted by Crippen LogP contribution is -2.40. The van der Waals surface area contributed by atoms with E-state index in [1.54, 1.807) is 11.3 Å². The number of nitrogens with one attached hydrogen (secondary N) is 1. The minimum absolute atomic E-state index is 0.160. The van der Waals surface area contributed by atoms with Crippen LogP contribution in [0.4, 0.5) is 0 Å². The van der Waals surface area contributed by atoms with Crippen LogP contribution >= 0.6 is 11.3 Å². The highest BCUT2D eigenvalue weighted by Gasteiger charge is 2.25. The van der Waals surface area contributed by atoms with Crippen LogP contribution in [0.25, 0.3) is 10.8 Å². The average molecular weight is 347 g/mol. The lowest BCUT2D eigenvalue weighted by molar-refractivity contribution is -0.126. The van der Waals surface area contributed by atoms with Crippen molar-refractivity contribution in [1.29, 1.82) is 0 Å². The molecule has 2 aromatic rings. The standard InChI is InChI=1S/C18H25N3O2S/c1-3-8-19-17(22)14-6-9-21(10-7-14)12-15-13(2)23-18(20-15)16-5-4-11-24-16/h4-5,11,14H,3,6-10,12H2,1-2H3,(H,19,22). The molecule has 6 heteroatoms. The van der Waals surface area contributed by atoms with Crippen molar-refractivity contribution < 1.29 is 9.21 Å². The van der Waals surface area contributed by atoms with E-state index in [-0.39, 0.29) is 11.8 Å². The third-order valence-corrected chi connectivity index (χ3v) is 5.36. The third kappa shape index (κ3) is 4.05. The van der Waals surface area contributed by atoms with Crippen molar-refractivity contribution in [2.45, 2.75) is 39.7 Å². The summed E-state index contributed by atoms with van der Waals surface area (Å²) in [5.41, 5.74) is 1.01. The summed E-state index contributed by atoms with van der Waals surface area (Å²) >= 11 is 1.64. The maximum atomic E-state index is 12.1. The summed E-state index contributed by atoms with van der Waals surface area (Å²) in [6.07, 6.45) is 2.83. The number of oxazole rings is 1. The van der Waals surface area contributed by atoms with Crippen LogP contribution in [0, 0.1) is 12.8 Å². The summed E-state index contributed by atoms with van der Waals surface area (Å²) in [7, 11) is 0. The molecule has 24 heavy (non-hydrogen) atoms. The largest absolute Gasteiger partial charge is 0.440 e. The smallest absolute Gasteiger partial charge is 0.236 e. The fraction of sp³-hybridized carbons (Fsp3) is 0.556. The summed E-state index contributed by atoms with van der Waals surface area (Å²) in [5.74, 6) is 1.98. The Morgan fingerprint density at radius 2 is 2.25 bits per heavy atom. The molecule has 0 radical (unpaired) electrons. The second kappa shape index (κ2) is 7.94. The number of hydrogen-bond acceptors (Lipinski definition) is 5. The predicted octanol–water partition coefficient (Wildman–Crippen LogP) is 3.45. The monoisotopic (exact) mass is 347 g/mol. The molecule has 0 bridgehead atoms. The van der Waals surface area contributed by atoms with E-state index in [0.29, 0.717) is 5.89 Å². The van der Waals surface area contributed by atoms with Crippen molar-refractivity contribution in [3.63, 3.8) is 0 Å². The molecule has 2 aromatic heterocycles. The Labute approximate surface area is 147 Å². The topological polar surface area (TPSA) is 58.4 Å². The Morgan fingerprint density at radius 3 is 2.92 bits per heavy atom. The zero-order valence-electron chi connectivity index (χ0n) is 14.4. The van der Waals surface area contributed by atoms with E-state index < -0.39 is 0 Å². The van der Waals surface area contributed by atoms with Gasteiger partial charge in [0.2, 0.25) is 11.8 Å². The number of likely N-dealkylation sites (tertiary alicyclic amines) is 1. The number of aryl methyl sites for hydroxylation is 1. The van der Waals surface area contributed by atoms with Crippen LogP contribution in [0.15, 0.2) is 21.9 Å². The fourth-order valence-corrected chi connectivity index (χ4v) is 3.69. The van der Waals surface area contributed by atoms with Crippen LogP contribution in [0.1, 0.15) is 37.6 Å². The molecule has 1 amide bonds. The molecule has 0 unspecified atom stereocenters. The van der Waals surface area contributed by atoms with E-state index >= 15 is 0 Å². The van der Waals surface area contributed by atoms with Crippen LogP contribution in [0.3, 0.4) is 0 Å². The molecular weight excluding hydrogens is 322 g/mol. The molecule has 0 atom stereocenters. The summed E-state index contributed by atoms with van der Waals surface area (Å²) in [6, 6.07) is 4.04. The molecule has 0 spiro atoms. The van der Waals surface area contributed by atoms with E-state index in [4.69, 9.17) is 4.42 Å². The van der Waals surface area contributed by atoms with Crippen molar-refractivity contribution in [3.05, 3.63) is 29.0 Å². The van der Waals surface area contributed by atoms with Gasteiger partial charge >= 0.3 is 0 Å². The molecule has 3 heterocycles. The summed E-state index contributed by atoms with van der Waals surface area (Å²) < 4.78 is 5.81. The predicted molar refractivity (Wildman–Crippen MR) is 95.9 cm³/mol. The van der Waals surface area contributed by atoms with E-state index in [2.05, 4.69) is 22.1 Å². The quantitative estimate of drug-likeness (QED) is 0.869. The Kier molecular flexibility index (Phi) is 5.68. The Bertz CT molecular complexity index is 658. The SMILES string of the molecule is CCCNC(=O)C1CCN(Cc2nc(-c3cccs3)oc2C)CC1. The maximum Gasteiger partial charge on any atom is 0.236 e. The van der Waals surface area contributed by atoms with Gasteiger partial charge in [0.05, 0.1) is 10.6 Å². The number of thiophene rings is 1. The molecule has 1 aliphatic rings. The van der Waals surface area contributed by atoms with Crippen LogP contribution < -0.4 is 5.32 Å². The second-order valence-corrected chi connectivity index (χ2v) is 7.29. The van der Waals surface area contributed by atoms with E-state index in [9.17, 15) is 4.79 Å². The van der Waals surface area contributed by atoms with Gasteiger partial charge in [-0.15, -0.1) is 11.3 Å². The molecule has 5 nitrogen and oxygen atoms in total. The first-order valence-corrected chi connectivity index (χ1v) is 9.55. The number of rotatable bonds is 6. The van der Waals surface area contributed by atoms with Crippen LogP contribution in [0.5, 0.6) is 0 Å². The van der Waals surface area contributed by atoms with Gasteiger partial charge in [-0.1, -0.05) is 13.0 Å². The van der Waals surface area contributed by atoms with Gasteiger partial charge in [0.15, 0.2) is 0 Å². The maximum absolute atomic E-state index is 12.1. The van der Waals surface area contributed by atoms with Crippen molar-refractivity contribution in [3.8, 4) is 10.8 Å². The minimum atomic E-state index is 0.160. The number of nitrogens with zero attached hydrogens (tertiary/aromatic N) is 2. The Morgan fingerprint density at radius 1 is 1.46 bits per heavy atom. The molecule has 1 fully saturated rings. The normalized spacial score (nSPS) is 16.4. The highest BCUT2D eigenvalue weighted by atomic mass is 32.1. The van der Waals surface area contributed by atoms with Gasteiger partial charge in [0, 0.05) is 19.0 Å². The van der Waals surface area contributed by atoms with Crippen molar-refractivity contribution in [2.24, 2.45) is 5.92 Å². The molecule has 3 rings (SSSR count). The lowest BCUT2D eigenvalue weighted by Gasteiger charge is -2.30. The molecule has 0 aromatic carbocycles. The van der Waals surface area contributed by atoms with E-state index in [1.165, 1.54) is 0 Å². The first kappa shape index (κ1) is 17.2. The van der Waals surface area contributed by atoms with Gasteiger partial charge in [-0.2, -0.15) is 0 Å². The average Bonchev–Trinajstić information content (AvgIpc) is 3.24. The molecule has 1 aliphatic heterocycles. The molecular formula is C18H25N3O2S. The fourth-order valence-electron chi connectivity index (χ4n) is 3.04. The number of carbonyl (C=O) groups excluding carboxylic acids is 1. The number of piperidine rings is 1. The Hall–Kier alpha value is -1.66. The van der Waals surface area contributed by atoms with Gasteiger partial charge in [0.1, 0.15) is 5.76 Å². The summed E-state index contributed by atoms with van der Waals surface area (Å²) in [5, 5.41) is 5.04. The van der Waals surface area contributed by atoms with Gasteiger partial charge in [-0.3, -0.25) is 9.69 Å². The van der Waals surface area contributed by atoms with Gasteiger partial charge in [-0.25, -0.2) is 4.98 Å². The number of carbonyl (C=O) groups is 1. The highest BCUT2D eigenvalue weighted by Crippen LogP contribution is 2.27. The first-order chi connectivity index (χ1) is 11.7. The van der Waals surface area contributed by atoms with Crippen molar-refractivity contribution in [1.82, 2.24) is 15.2 Å². The Balaban J connectivity index is 1.54. The summed E-state index contributed by atoms with van der Waals surface area (Å²) in [4.78, 5) is 20.2. The second-order valence-electron chi connectivity index (χ2n) is 6.34. The van der Waals surface area contributed by atoms with Crippen LogP contribution in [0.2, 0.25) is 0 Å². The number of aromatic nitrogens is 1. The molecule has 1 saturated heterocycles. The number of hydrogen-bond donors (Lipinski definition) is 1. The minimum Gasteiger partial charge on any atom is -0.440 e. The summed E-state index contributed by atoms with van der Waals surface area (Å²) in [6.45, 7) is 7.50. The highest BCUT2D eigenvalue weighted by molar-refractivity contribution is 7.13. The van der Waals surface area contributed by atoms with E-state index in [1.807, 2.05) is 24.4 Å². The lowest BCUT2D eigenvalue weighted by atomic mass is 9.95. The molecule has 0 saturated carbocycles.